The second kappa shape index (κ2) is 2.94. The van der Waals surface area contributed by atoms with E-state index in [4.69, 9.17) is 0 Å². The van der Waals surface area contributed by atoms with Crippen molar-refractivity contribution < 1.29 is 5.11 Å². The second-order valence-corrected chi connectivity index (χ2v) is 3.91. The average Bonchev–Trinajstić information content (AvgIpc) is 2.62. The first-order chi connectivity index (χ1) is 7.77. The molecular weight excluding hydrogens is 198 g/mol. The lowest BCUT2D eigenvalue weighted by Crippen LogP contribution is -2.21. The first-order valence-corrected chi connectivity index (χ1v) is 5.10. The summed E-state index contributed by atoms with van der Waals surface area (Å²) in [7, 11) is 0. The number of nitriles is 1. The van der Waals surface area contributed by atoms with Gasteiger partial charge in [-0.2, -0.15) is 5.26 Å². The van der Waals surface area contributed by atoms with Gasteiger partial charge in [-0.3, -0.25) is 0 Å². The van der Waals surface area contributed by atoms with Crippen LogP contribution in [0, 0.1) is 11.3 Å². The fraction of sp³-hybridized carbons (Fsp3) is 0.0714. The molecule has 0 radical (unpaired) electrons. The third-order valence-electron chi connectivity index (χ3n) is 3.09. The molecule has 2 aromatic rings. The van der Waals surface area contributed by atoms with E-state index in [0.29, 0.717) is 11.1 Å². The number of aliphatic hydroxyl groups is 1. The van der Waals surface area contributed by atoms with Gasteiger partial charge in [0.1, 0.15) is 6.07 Å². The first-order valence-electron chi connectivity index (χ1n) is 5.10. The van der Waals surface area contributed by atoms with Crippen molar-refractivity contribution in [2.75, 3.05) is 0 Å². The lowest BCUT2D eigenvalue weighted by Gasteiger charge is -2.15. The van der Waals surface area contributed by atoms with Crippen LogP contribution in [0.3, 0.4) is 0 Å². The van der Waals surface area contributed by atoms with E-state index >= 15 is 0 Å². The van der Waals surface area contributed by atoms with Crippen LogP contribution in [0.5, 0.6) is 0 Å². The normalized spacial score (nSPS) is 15.0. The molecule has 0 atom stereocenters. The van der Waals surface area contributed by atoms with Gasteiger partial charge in [-0.15, -0.1) is 0 Å². The van der Waals surface area contributed by atoms with Crippen molar-refractivity contribution in [3.8, 4) is 17.2 Å². The summed E-state index contributed by atoms with van der Waals surface area (Å²) in [5.74, 6) is 0. The van der Waals surface area contributed by atoms with Gasteiger partial charge < -0.3 is 5.11 Å². The number of fused-ring (bicyclic) bond motifs is 3. The molecule has 0 bridgehead atoms. The minimum Gasteiger partial charge on any atom is -0.368 e. The third kappa shape index (κ3) is 0.932. The van der Waals surface area contributed by atoms with Gasteiger partial charge in [-0.25, -0.2) is 0 Å². The Morgan fingerprint density at radius 3 is 1.75 bits per heavy atom. The smallest absolute Gasteiger partial charge is 0.204 e. The van der Waals surface area contributed by atoms with Gasteiger partial charge in [0.05, 0.1) is 0 Å². The largest absolute Gasteiger partial charge is 0.368 e. The van der Waals surface area contributed by atoms with Crippen molar-refractivity contribution in [1.82, 2.24) is 0 Å². The predicted molar refractivity (Wildman–Crippen MR) is 60.5 cm³/mol. The van der Waals surface area contributed by atoms with E-state index in [9.17, 15) is 10.4 Å². The highest BCUT2D eigenvalue weighted by molar-refractivity contribution is 5.81. The van der Waals surface area contributed by atoms with Crippen molar-refractivity contribution in [3.63, 3.8) is 0 Å². The SMILES string of the molecule is N#CC1(O)c2ccccc2-c2ccccc21. The van der Waals surface area contributed by atoms with Gasteiger partial charge in [-0.05, 0) is 11.1 Å². The molecule has 0 saturated carbocycles. The Labute approximate surface area is 93.4 Å². The maximum atomic E-state index is 10.4. The molecule has 2 aromatic carbocycles. The molecule has 0 aliphatic heterocycles. The molecule has 1 aliphatic rings. The Balaban J connectivity index is 2.45. The molecule has 3 rings (SSSR count). The molecule has 0 aromatic heterocycles. The number of nitrogens with zero attached hydrogens (tertiary/aromatic N) is 1. The van der Waals surface area contributed by atoms with Crippen LogP contribution in [0.15, 0.2) is 48.5 Å². The van der Waals surface area contributed by atoms with E-state index in [1.165, 1.54) is 0 Å². The summed E-state index contributed by atoms with van der Waals surface area (Å²) in [6.07, 6.45) is 0. The molecule has 2 nitrogen and oxygen atoms in total. The van der Waals surface area contributed by atoms with E-state index in [0.717, 1.165) is 11.1 Å². The van der Waals surface area contributed by atoms with E-state index in [2.05, 4.69) is 0 Å². The fourth-order valence-corrected chi connectivity index (χ4v) is 2.33. The molecule has 0 fully saturated rings. The Morgan fingerprint density at radius 1 is 0.875 bits per heavy atom. The topological polar surface area (TPSA) is 44.0 Å². The maximum absolute atomic E-state index is 10.4. The van der Waals surface area contributed by atoms with Crippen LogP contribution in [0.2, 0.25) is 0 Å². The maximum Gasteiger partial charge on any atom is 0.204 e. The van der Waals surface area contributed by atoms with Gasteiger partial charge in [0, 0.05) is 11.1 Å². The van der Waals surface area contributed by atoms with Crippen LogP contribution < -0.4 is 0 Å². The van der Waals surface area contributed by atoms with Crippen LogP contribution in [0.1, 0.15) is 11.1 Å². The van der Waals surface area contributed by atoms with Gasteiger partial charge in [-0.1, -0.05) is 48.5 Å². The van der Waals surface area contributed by atoms with Crippen LogP contribution in [0.25, 0.3) is 11.1 Å². The molecule has 16 heavy (non-hydrogen) atoms. The summed E-state index contributed by atoms with van der Waals surface area (Å²) in [6, 6.07) is 17.0. The molecule has 0 saturated heterocycles. The van der Waals surface area contributed by atoms with Gasteiger partial charge in [0.25, 0.3) is 0 Å². The van der Waals surface area contributed by atoms with Gasteiger partial charge in [0.2, 0.25) is 5.60 Å². The highest BCUT2D eigenvalue weighted by Gasteiger charge is 2.41. The van der Waals surface area contributed by atoms with Crippen molar-refractivity contribution in [1.29, 1.82) is 5.26 Å². The zero-order valence-corrected chi connectivity index (χ0v) is 8.51. The Bertz CT molecular complexity index is 565. The number of hydrogen-bond acceptors (Lipinski definition) is 2. The zero-order chi connectivity index (χ0) is 11.2. The summed E-state index contributed by atoms with van der Waals surface area (Å²) in [5, 5.41) is 19.7. The van der Waals surface area contributed by atoms with Crippen LogP contribution >= 0.6 is 0 Å². The van der Waals surface area contributed by atoms with Crippen LogP contribution in [-0.4, -0.2) is 5.11 Å². The van der Waals surface area contributed by atoms with Gasteiger partial charge in [0.15, 0.2) is 0 Å². The van der Waals surface area contributed by atoms with Crippen molar-refractivity contribution in [3.05, 3.63) is 59.7 Å². The molecule has 2 heteroatoms. The summed E-state index contributed by atoms with van der Waals surface area (Å²) in [4.78, 5) is 0. The monoisotopic (exact) mass is 207 g/mol. The molecule has 1 aliphatic carbocycles. The summed E-state index contributed by atoms with van der Waals surface area (Å²) >= 11 is 0. The molecule has 0 spiro atoms. The summed E-state index contributed by atoms with van der Waals surface area (Å²) in [6.45, 7) is 0. The number of rotatable bonds is 0. The van der Waals surface area contributed by atoms with E-state index in [-0.39, 0.29) is 0 Å². The lowest BCUT2D eigenvalue weighted by atomic mass is 9.93. The lowest BCUT2D eigenvalue weighted by molar-refractivity contribution is 0.148. The van der Waals surface area contributed by atoms with E-state index in [1.54, 1.807) is 12.1 Å². The minimum absolute atomic E-state index is 0.679. The fourth-order valence-electron chi connectivity index (χ4n) is 2.33. The molecular formula is C14H9NO. The van der Waals surface area contributed by atoms with E-state index < -0.39 is 5.60 Å². The summed E-state index contributed by atoms with van der Waals surface area (Å²) in [5.41, 5.74) is 1.76. The van der Waals surface area contributed by atoms with Gasteiger partial charge >= 0.3 is 0 Å². The first kappa shape index (κ1) is 9.14. The quantitative estimate of drug-likeness (QED) is 0.674. The molecule has 76 valence electrons. The van der Waals surface area contributed by atoms with Crippen LogP contribution in [0.4, 0.5) is 0 Å². The molecule has 0 amide bonds. The third-order valence-corrected chi connectivity index (χ3v) is 3.09. The van der Waals surface area contributed by atoms with Crippen LogP contribution in [-0.2, 0) is 5.60 Å². The summed E-state index contributed by atoms with van der Waals surface area (Å²) < 4.78 is 0. The Kier molecular flexibility index (Phi) is 1.68. The predicted octanol–water partition coefficient (Wildman–Crippen LogP) is 2.43. The van der Waals surface area contributed by atoms with Crippen molar-refractivity contribution in [2.45, 2.75) is 5.60 Å². The second-order valence-electron chi connectivity index (χ2n) is 3.91. The highest BCUT2D eigenvalue weighted by Crippen LogP contribution is 2.46. The minimum atomic E-state index is -1.49. The highest BCUT2D eigenvalue weighted by atomic mass is 16.3. The van der Waals surface area contributed by atoms with Crippen molar-refractivity contribution in [2.24, 2.45) is 0 Å². The molecule has 0 unspecified atom stereocenters. The number of hydrogen-bond donors (Lipinski definition) is 1. The Hall–Kier alpha value is -2.11. The standard InChI is InChI=1S/C14H9NO/c15-9-14(16)12-7-3-1-5-10(12)11-6-2-4-8-13(11)14/h1-8,16H. The average molecular weight is 207 g/mol. The molecule has 0 heterocycles. The Morgan fingerprint density at radius 2 is 1.31 bits per heavy atom. The number of benzene rings is 2. The van der Waals surface area contributed by atoms with E-state index in [1.807, 2.05) is 42.5 Å². The van der Waals surface area contributed by atoms with Crippen molar-refractivity contribution >= 4 is 0 Å². The molecule has 1 N–H and O–H groups in total. The zero-order valence-electron chi connectivity index (χ0n) is 8.51.